The largest absolute Gasteiger partial charge is 0.450 e. The van der Waals surface area contributed by atoms with Gasteiger partial charge in [0.25, 0.3) is 0 Å². The van der Waals surface area contributed by atoms with Crippen molar-refractivity contribution in [2.45, 2.75) is 32.4 Å². The number of fused-ring (bicyclic) bond motifs is 1. The van der Waals surface area contributed by atoms with Crippen LogP contribution in [0.5, 0.6) is 0 Å². The summed E-state index contributed by atoms with van der Waals surface area (Å²) in [7, 11) is 0. The Kier molecular flexibility index (Phi) is 1.77. The van der Waals surface area contributed by atoms with Crippen molar-refractivity contribution in [3.8, 4) is 0 Å². The number of nitrogens with zero attached hydrogens (tertiary/aromatic N) is 1. The fourth-order valence-corrected chi connectivity index (χ4v) is 2.27. The van der Waals surface area contributed by atoms with E-state index in [0.29, 0.717) is 19.6 Å². The molecule has 0 unspecified atom stereocenters. The molecule has 4 nitrogen and oxygen atoms in total. The third-order valence-electron chi connectivity index (χ3n) is 3.36. The zero-order chi connectivity index (χ0) is 9.64. The highest BCUT2D eigenvalue weighted by atomic mass is 16.6. The first kappa shape index (κ1) is 8.81. The van der Waals surface area contributed by atoms with Crippen LogP contribution < -0.4 is 0 Å². The number of carbonyl (C=O) groups is 1. The number of amides is 1. The first-order chi connectivity index (χ1) is 6.09. The van der Waals surface area contributed by atoms with E-state index in [1.807, 2.05) is 6.92 Å². The third-order valence-corrected chi connectivity index (χ3v) is 3.36. The lowest BCUT2D eigenvalue weighted by atomic mass is 9.56. The van der Waals surface area contributed by atoms with Gasteiger partial charge in [-0.1, -0.05) is 6.92 Å². The molecule has 2 rings (SSSR count). The van der Waals surface area contributed by atoms with Crippen LogP contribution >= 0.6 is 0 Å². The number of rotatable bonds is 1. The summed E-state index contributed by atoms with van der Waals surface area (Å²) < 4.78 is 4.88. The molecule has 0 aromatic heterocycles. The molecule has 1 heterocycles. The molecule has 0 aromatic rings. The number of ether oxygens (including phenoxy) is 1. The second kappa shape index (κ2) is 2.61. The van der Waals surface area contributed by atoms with Crippen molar-refractivity contribution >= 4 is 6.09 Å². The van der Waals surface area contributed by atoms with Crippen LogP contribution in [0.2, 0.25) is 0 Å². The molecule has 1 aliphatic carbocycles. The minimum atomic E-state index is -0.239. The molecule has 4 heteroatoms. The lowest BCUT2D eigenvalue weighted by molar-refractivity contribution is -0.205. The molecular weight excluding hydrogens is 170 g/mol. The Balaban J connectivity index is 1.92. The summed E-state index contributed by atoms with van der Waals surface area (Å²) in [6.45, 7) is 4.87. The zero-order valence-electron chi connectivity index (χ0n) is 7.99. The van der Waals surface area contributed by atoms with Gasteiger partial charge < -0.3 is 14.7 Å². The molecule has 0 radical (unpaired) electrons. The van der Waals surface area contributed by atoms with Gasteiger partial charge in [0.15, 0.2) is 0 Å². The van der Waals surface area contributed by atoms with Crippen LogP contribution in [0, 0.1) is 5.41 Å². The number of aliphatic hydroxyl groups excluding tert-OH is 1. The molecule has 0 aromatic carbocycles. The van der Waals surface area contributed by atoms with Crippen LogP contribution in [0.4, 0.5) is 4.79 Å². The molecule has 2 aliphatic rings. The molecule has 1 aliphatic heterocycles. The van der Waals surface area contributed by atoms with E-state index in [4.69, 9.17) is 4.74 Å². The van der Waals surface area contributed by atoms with Crippen LogP contribution in [0.3, 0.4) is 0 Å². The first-order valence-corrected chi connectivity index (χ1v) is 4.71. The lowest BCUT2D eigenvalue weighted by Crippen LogP contribution is -2.77. The Hall–Kier alpha value is -0.770. The van der Waals surface area contributed by atoms with Crippen LogP contribution in [0.15, 0.2) is 0 Å². The van der Waals surface area contributed by atoms with Crippen molar-refractivity contribution in [3.63, 3.8) is 0 Å². The van der Waals surface area contributed by atoms with E-state index in [1.165, 1.54) is 0 Å². The normalized spacial score (nSPS) is 41.6. The van der Waals surface area contributed by atoms with Crippen LogP contribution in [0.25, 0.3) is 0 Å². The molecular formula is C9H15NO3. The smallest absolute Gasteiger partial charge is 0.410 e. The third kappa shape index (κ3) is 0.981. The standard InChI is InChI=1S/C9H15NO3/c1-3-13-8(12)10-5-9(2)6(10)4-7(9)11/h6-7,11H,3-5H2,1-2H3/t6-,7+,9-/m0/s1. The summed E-state index contributed by atoms with van der Waals surface area (Å²) in [4.78, 5) is 13.0. The van der Waals surface area contributed by atoms with Crippen molar-refractivity contribution in [1.29, 1.82) is 0 Å². The van der Waals surface area contributed by atoms with E-state index in [-0.39, 0.29) is 23.7 Å². The molecule has 1 amide bonds. The first-order valence-electron chi connectivity index (χ1n) is 4.71. The molecule has 1 N–H and O–H groups in total. The Morgan fingerprint density at radius 3 is 2.85 bits per heavy atom. The fourth-order valence-electron chi connectivity index (χ4n) is 2.27. The molecule has 0 bridgehead atoms. The Labute approximate surface area is 77.5 Å². The van der Waals surface area contributed by atoms with Gasteiger partial charge in [-0.15, -0.1) is 0 Å². The number of piperidine rings is 1. The van der Waals surface area contributed by atoms with Crippen molar-refractivity contribution in [3.05, 3.63) is 0 Å². The van der Waals surface area contributed by atoms with E-state index in [9.17, 15) is 9.90 Å². The van der Waals surface area contributed by atoms with Gasteiger partial charge in [0.1, 0.15) is 0 Å². The van der Waals surface area contributed by atoms with Crippen molar-refractivity contribution in [1.82, 2.24) is 4.90 Å². The molecule has 13 heavy (non-hydrogen) atoms. The van der Waals surface area contributed by atoms with Gasteiger partial charge >= 0.3 is 6.09 Å². The van der Waals surface area contributed by atoms with Gasteiger partial charge in [-0.05, 0) is 13.3 Å². The highest BCUT2D eigenvalue weighted by Crippen LogP contribution is 2.52. The maximum absolute atomic E-state index is 11.3. The monoisotopic (exact) mass is 185 g/mol. The number of hydrogen-bond donors (Lipinski definition) is 1. The molecule has 0 spiro atoms. The average molecular weight is 185 g/mol. The average Bonchev–Trinajstić information content (AvgIpc) is 2.10. The van der Waals surface area contributed by atoms with Gasteiger partial charge in [0, 0.05) is 18.0 Å². The fraction of sp³-hybridized carbons (Fsp3) is 0.889. The highest BCUT2D eigenvalue weighted by molar-refractivity contribution is 5.70. The molecule has 74 valence electrons. The van der Waals surface area contributed by atoms with E-state index in [2.05, 4.69) is 0 Å². The lowest BCUT2D eigenvalue weighted by Gasteiger charge is -2.65. The Bertz CT molecular complexity index is 243. The number of hydrogen-bond acceptors (Lipinski definition) is 3. The van der Waals surface area contributed by atoms with Gasteiger partial charge in [0.05, 0.1) is 12.7 Å². The summed E-state index contributed by atoms with van der Waals surface area (Å²) in [6, 6.07) is 0.210. The predicted molar refractivity (Wildman–Crippen MR) is 46.2 cm³/mol. The minimum absolute atomic E-state index is 0.0488. The Morgan fingerprint density at radius 2 is 2.46 bits per heavy atom. The second-order valence-electron chi connectivity index (χ2n) is 4.10. The minimum Gasteiger partial charge on any atom is -0.450 e. The molecule has 1 saturated carbocycles. The molecule has 3 atom stereocenters. The maximum Gasteiger partial charge on any atom is 0.410 e. The van der Waals surface area contributed by atoms with Crippen LogP contribution in [-0.2, 0) is 4.74 Å². The summed E-state index contributed by atoms with van der Waals surface area (Å²) in [6.07, 6.45) is 0.232. The van der Waals surface area contributed by atoms with Crippen molar-refractivity contribution in [2.75, 3.05) is 13.2 Å². The predicted octanol–water partition coefficient (Wildman–Crippen LogP) is 0.598. The van der Waals surface area contributed by atoms with Crippen LogP contribution in [0.1, 0.15) is 20.3 Å². The van der Waals surface area contributed by atoms with Crippen molar-refractivity contribution < 1.29 is 14.6 Å². The van der Waals surface area contributed by atoms with E-state index in [0.717, 1.165) is 0 Å². The van der Waals surface area contributed by atoms with Gasteiger partial charge in [0.2, 0.25) is 0 Å². The van der Waals surface area contributed by atoms with E-state index in [1.54, 1.807) is 11.8 Å². The Morgan fingerprint density at radius 1 is 1.77 bits per heavy atom. The van der Waals surface area contributed by atoms with Gasteiger partial charge in [-0.3, -0.25) is 0 Å². The summed E-state index contributed by atoms with van der Waals surface area (Å²) in [5, 5.41) is 9.45. The topological polar surface area (TPSA) is 49.8 Å². The molecule has 1 saturated heterocycles. The quantitative estimate of drug-likeness (QED) is 0.650. The highest BCUT2D eigenvalue weighted by Gasteiger charge is 2.63. The van der Waals surface area contributed by atoms with E-state index < -0.39 is 0 Å². The van der Waals surface area contributed by atoms with Crippen molar-refractivity contribution in [2.24, 2.45) is 5.41 Å². The number of carbonyl (C=O) groups excluding carboxylic acids is 1. The molecule has 2 fully saturated rings. The summed E-state index contributed by atoms with van der Waals surface area (Å²) in [5.41, 5.74) is -0.0488. The van der Waals surface area contributed by atoms with E-state index >= 15 is 0 Å². The number of likely N-dealkylation sites (tertiary alicyclic amines) is 1. The van der Waals surface area contributed by atoms with Crippen LogP contribution in [-0.4, -0.2) is 41.4 Å². The maximum atomic E-state index is 11.3. The second-order valence-corrected chi connectivity index (χ2v) is 4.10. The van der Waals surface area contributed by atoms with Gasteiger partial charge in [-0.2, -0.15) is 0 Å². The van der Waals surface area contributed by atoms with Gasteiger partial charge in [-0.25, -0.2) is 4.79 Å². The summed E-state index contributed by atoms with van der Waals surface area (Å²) in [5.74, 6) is 0. The summed E-state index contributed by atoms with van der Waals surface area (Å²) >= 11 is 0. The number of aliphatic hydroxyl groups is 1. The zero-order valence-corrected chi connectivity index (χ0v) is 7.99. The SMILES string of the molecule is CCOC(=O)N1C[C@]2(C)[C@H](O)C[C@H]12.